The van der Waals surface area contributed by atoms with E-state index in [1.807, 2.05) is 55.5 Å². The molecule has 0 atom stereocenters. The summed E-state index contributed by atoms with van der Waals surface area (Å²) in [7, 11) is 0. The predicted octanol–water partition coefficient (Wildman–Crippen LogP) is 3.27. The molecule has 0 spiro atoms. The average Bonchev–Trinajstić information content (AvgIpc) is 2.49. The molecule has 0 N–H and O–H groups in total. The zero-order valence-electron chi connectivity index (χ0n) is 11.5. The highest BCUT2D eigenvalue weighted by molar-refractivity contribution is 5.94. The Hall–Kier alpha value is -2.42. The van der Waals surface area contributed by atoms with E-state index in [1.54, 1.807) is 12.4 Å². The van der Waals surface area contributed by atoms with E-state index >= 15 is 0 Å². The summed E-state index contributed by atoms with van der Waals surface area (Å²) >= 11 is 0. The first kappa shape index (κ1) is 14.0. The molecule has 3 heteroatoms. The minimum Gasteiger partial charge on any atom is -0.463 e. The van der Waals surface area contributed by atoms with E-state index in [-0.39, 0.29) is 5.97 Å². The van der Waals surface area contributed by atoms with Crippen molar-refractivity contribution in [2.45, 2.75) is 13.3 Å². The number of esters is 1. The first-order chi connectivity index (χ1) is 9.79. The lowest BCUT2D eigenvalue weighted by molar-refractivity contribution is -0.138. The van der Waals surface area contributed by atoms with Gasteiger partial charge in [0, 0.05) is 24.4 Å². The van der Waals surface area contributed by atoms with Crippen LogP contribution in [0, 0.1) is 0 Å². The topological polar surface area (TPSA) is 39.2 Å². The first-order valence-corrected chi connectivity index (χ1v) is 6.61. The molecule has 1 aromatic carbocycles. The summed E-state index contributed by atoms with van der Waals surface area (Å²) in [6.45, 7) is 2.19. The van der Waals surface area contributed by atoms with Crippen molar-refractivity contribution in [3.63, 3.8) is 0 Å². The third-order valence-corrected chi connectivity index (χ3v) is 2.82. The smallest absolute Gasteiger partial charge is 0.334 e. The maximum absolute atomic E-state index is 12.0. The monoisotopic (exact) mass is 267 g/mol. The van der Waals surface area contributed by atoms with Crippen molar-refractivity contribution in [2.24, 2.45) is 0 Å². The Morgan fingerprint density at radius 2 is 1.85 bits per heavy atom. The van der Waals surface area contributed by atoms with Crippen LogP contribution in [0.1, 0.15) is 18.1 Å². The van der Waals surface area contributed by atoms with Gasteiger partial charge in [0.15, 0.2) is 0 Å². The van der Waals surface area contributed by atoms with Crippen LogP contribution in [0.5, 0.6) is 0 Å². The molecule has 0 amide bonds. The average molecular weight is 267 g/mol. The molecule has 0 saturated carbocycles. The fraction of sp³-hybridized carbons (Fsp3) is 0.176. The van der Waals surface area contributed by atoms with Gasteiger partial charge in [-0.25, -0.2) is 4.79 Å². The second-order valence-electron chi connectivity index (χ2n) is 4.33. The molecule has 0 radical (unpaired) electrons. The van der Waals surface area contributed by atoms with Gasteiger partial charge in [0.1, 0.15) is 0 Å². The SMILES string of the molecule is CCOC(=O)C(=Cc1ccccc1)Cc1ccncc1. The van der Waals surface area contributed by atoms with Crippen LogP contribution in [0.3, 0.4) is 0 Å². The molecule has 1 aromatic heterocycles. The number of nitrogens with zero attached hydrogens (tertiary/aromatic N) is 1. The lowest BCUT2D eigenvalue weighted by atomic mass is 10.0. The molecule has 0 fully saturated rings. The molecule has 0 aliphatic heterocycles. The summed E-state index contributed by atoms with van der Waals surface area (Å²) < 4.78 is 5.13. The molecule has 0 unspecified atom stereocenters. The molecule has 102 valence electrons. The van der Waals surface area contributed by atoms with E-state index < -0.39 is 0 Å². The van der Waals surface area contributed by atoms with E-state index in [1.165, 1.54) is 0 Å². The van der Waals surface area contributed by atoms with Gasteiger partial charge in [0.25, 0.3) is 0 Å². The van der Waals surface area contributed by atoms with Crippen LogP contribution in [0.15, 0.2) is 60.4 Å². The highest BCUT2D eigenvalue weighted by Crippen LogP contribution is 2.14. The van der Waals surface area contributed by atoms with Gasteiger partial charge in [-0.15, -0.1) is 0 Å². The first-order valence-electron chi connectivity index (χ1n) is 6.61. The van der Waals surface area contributed by atoms with Crippen LogP contribution in [0.4, 0.5) is 0 Å². The van der Waals surface area contributed by atoms with Gasteiger partial charge >= 0.3 is 5.97 Å². The van der Waals surface area contributed by atoms with E-state index in [9.17, 15) is 4.79 Å². The number of carbonyl (C=O) groups is 1. The summed E-state index contributed by atoms with van der Waals surface area (Å²) in [5.41, 5.74) is 2.67. The van der Waals surface area contributed by atoms with Gasteiger partial charge in [-0.2, -0.15) is 0 Å². The van der Waals surface area contributed by atoms with Crippen LogP contribution in [0.25, 0.3) is 6.08 Å². The number of pyridine rings is 1. The molecule has 0 saturated heterocycles. The van der Waals surface area contributed by atoms with Crippen LogP contribution in [0.2, 0.25) is 0 Å². The zero-order chi connectivity index (χ0) is 14.2. The fourth-order valence-electron chi connectivity index (χ4n) is 1.88. The Balaban J connectivity index is 2.25. The van der Waals surface area contributed by atoms with E-state index in [0.717, 1.165) is 11.1 Å². The highest BCUT2D eigenvalue weighted by Gasteiger charge is 2.11. The van der Waals surface area contributed by atoms with Crippen molar-refractivity contribution in [1.82, 2.24) is 4.98 Å². The fourth-order valence-corrected chi connectivity index (χ4v) is 1.88. The summed E-state index contributed by atoms with van der Waals surface area (Å²) in [6, 6.07) is 13.6. The molecule has 3 nitrogen and oxygen atoms in total. The summed E-state index contributed by atoms with van der Waals surface area (Å²) in [6.07, 6.45) is 5.86. The Bertz CT molecular complexity index is 576. The Kier molecular flexibility index (Phi) is 5.07. The van der Waals surface area contributed by atoms with E-state index in [0.29, 0.717) is 18.6 Å². The lowest BCUT2D eigenvalue weighted by Gasteiger charge is -2.07. The maximum atomic E-state index is 12.0. The van der Waals surface area contributed by atoms with Gasteiger partial charge in [-0.3, -0.25) is 4.98 Å². The van der Waals surface area contributed by atoms with Crippen molar-refractivity contribution in [2.75, 3.05) is 6.61 Å². The number of ether oxygens (including phenoxy) is 1. The van der Waals surface area contributed by atoms with Crippen LogP contribution >= 0.6 is 0 Å². The van der Waals surface area contributed by atoms with Crippen molar-refractivity contribution >= 4 is 12.0 Å². The van der Waals surface area contributed by atoms with E-state index in [4.69, 9.17) is 4.74 Å². The standard InChI is InChI=1S/C17H17NO2/c1-2-20-17(19)16(12-14-6-4-3-5-7-14)13-15-8-10-18-11-9-15/h3-12H,2,13H2,1H3. The second kappa shape index (κ2) is 7.24. The Labute approximate surface area is 118 Å². The molecular weight excluding hydrogens is 250 g/mol. The number of rotatable bonds is 5. The summed E-state index contributed by atoms with van der Waals surface area (Å²) in [5.74, 6) is -0.270. The number of benzene rings is 1. The number of hydrogen-bond acceptors (Lipinski definition) is 3. The molecule has 0 bridgehead atoms. The lowest BCUT2D eigenvalue weighted by Crippen LogP contribution is -2.10. The molecule has 0 aliphatic carbocycles. The largest absolute Gasteiger partial charge is 0.463 e. The Morgan fingerprint density at radius 3 is 2.50 bits per heavy atom. The number of aromatic nitrogens is 1. The van der Waals surface area contributed by atoms with Crippen molar-refractivity contribution in [3.8, 4) is 0 Å². The summed E-state index contributed by atoms with van der Waals surface area (Å²) in [5, 5.41) is 0. The second-order valence-corrected chi connectivity index (χ2v) is 4.33. The molecule has 2 aromatic rings. The van der Waals surface area contributed by atoms with Gasteiger partial charge in [0.05, 0.1) is 6.61 Å². The Morgan fingerprint density at radius 1 is 1.15 bits per heavy atom. The van der Waals surface area contributed by atoms with Gasteiger partial charge in [-0.1, -0.05) is 30.3 Å². The maximum Gasteiger partial charge on any atom is 0.334 e. The number of carbonyl (C=O) groups excluding carboxylic acids is 1. The van der Waals surface area contributed by atoms with Gasteiger partial charge in [0.2, 0.25) is 0 Å². The third kappa shape index (κ3) is 4.05. The third-order valence-electron chi connectivity index (χ3n) is 2.82. The van der Waals surface area contributed by atoms with Crippen LogP contribution in [-0.4, -0.2) is 17.6 Å². The predicted molar refractivity (Wildman–Crippen MR) is 79.0 cm³/mol. The summed E-state index contributed by atoms with van der Waals surface area (Å²) in [4.78, 5) is 16.0. The molecule has 0 aliphatic rings. The minimum atomic E-state index is -0.270. The van der Waals surface area contributed by atoms with E-state index in [2.05, 4.69) is 4.98 Å². The molecular formula is C17H17NO2. The molecule has 20 heavy (non-hydrogen) atoms. The highest BCUT2D eigenvalue weighted by atomic mass is 16.5. The van der Waals surface area contributed by atoms with Crippen LogP contribution in [-0.2, 0) is 16.0 Å². The van der Waals surface area contributed by atoms with Crippen molar-refractivity contribution in [1.29, 1.82) is 0 Å². The molecule has 2 rings (SSSR count). The zero-order valence-corrected chi connectivity index (χ0v) is 11.5. The van der Waals surface area contributed by atoms with Gasteiger partial charge in [-0.05, 0) is 36.3 Å². The van der Waals surface area contributed by atoms with Crippen molar-refractivity contribution < 1.29 is 9.53 Å². The van der Waals surface area contributed by atoms with Crippen LogP contribution < -0.4 is 0 Å². The number of hydrogen-bond donors (Lipinski definition) is 0. The van der Waals surface area contributed by atoms with Gasteiger partial charge < -0.3 is 4.74 Å². The minimum absolute atomic E-state index is 0.270. The van der Waals surface area contributed by atoms with Crippen molar-refractivity contribution in [3.05, 3.63) is 71.6 Å². The molecule has 1 heterocycles. The quantitative estimate of drug-likeness (QED) is 0.616. The normalized spacial score (nSPS) is 11.2.